The molecular weight excluding hydrogens is 260 g/mol. The summed E-state index contributed by atoms with van der Waals surface area (Å²) in [4.78, 5) is 4.44. The SMILES string of the molecule is CNC(Cc1ncnn1CC(C)C)c1cc(C)cc(C)c1. The molecule has 0 bridgehead atoms. The van der Waals surface area contributed by atoms with Gasteiger partial charge in [-0.3, -0.25) is 0 Å². The lowest BCUT2D eigenvalue weighted by atomic mass is 9.99. The maximum atomic E-state index is 4.44. The minimum absolute atomic E-state index is 0.263. The van der Waals surface area contributed by atoms with Gasteiger partial charge in [0.1, 0.15) is 12.2 Å². The number of benzene rings is 1. The average Bonchev–Trinajstić information content (AvgIpc) is 2.81. The summed E-state index contributed by atoms with van der Waals surface area (Å²) in [7, 11) is 2.01. The summed E-state index contributed by atoms with van der Waals surface area (Å²) in [5.74, 6) is 1.61. The van der Waals surface area contributed by atoms with Crippen molar-refractivity contribution in [3.8, 4) is 0 Å². The van der Waals surface area contributed by atoms with E-state index in [0.717, 1.165) is 18.8 Å². The van der Waals surface area contributed by atoms with E-state index in [0.29, 0.717) is 5.92 Å². The lowest BCUT2D eigenvalue weighted by Crippen LogP contribution is -2.22. The topological polar surface area (TPSA) is 42.7 Å². The molecule has 0 aliphatic carbocycles. The molecule has 0 fully saturated rings. The first-order valence-corrected chi connectivity index (χ1v) is 7.61. The predicted octanol–water partition coefficient (Wildman–Crippen LogP) is 3.05. The van der Waals surface area contributed by atoms with Crippen molar-refractivity contribution in [3.63, 3.8) is 0 Å². The Labute approximate surface area is 127 Å². The first-order chi connectivity index (χ1) is 9.99. The Hall–Kier alpha value is -1.68. The van der Waals surface area contributed by atoms with Gasteiger partial charge in [0.25, 0.3) is 0 Å². The Morgan fingerprint density at radius 3 is 2.38 bits per heavy atom. The third-order valence-electron chi connectivity index (χ3n) is 3.62. The van der Waals surface area contributed by atoms with Crippen LogP contribution < -0.4 is 5.32 Å². The van der Waals surface area contributed by atoms with Gasteiger partial charge in [0.2, 0.25) is 0 Å². The van der Waals surface area contributed by atoms with Gasteiger partial charge in [-0.15, -0.1) is 0 Å². The molecule has 21 heavy (non-hydrogen) atoms. The smallest absolute Gasteiger partial charge is 0.138 e. The number of likely N-dealkylation sites (N-methyl/N-ethyl adjacent to an activating group) is 1. The largest absolute Gasteiger partial charge is 0.313 e. The van der Waals surface area contributed by atoms with Crippen LogP contribution in [0.2, 0.25) is 0 Å². The van der Waals surface area contributed by atoms with E-state index in [-0.39, 0.29) is 6.04 Å². The van der Waals surface area contributed by atoms with Crippen molar-refractivity contribution in [2.75, 3.05) is 7.05 Å². The fourth-order valence-corrected chi connectivity index (χ4v) is 2.72. The maximum absolute atomic E-state index is 4.44. The average molecular weight is 286 g/mol. The number of hydrogen-bond donors (Lipinski definition) is 1. The molecule has 0 amide bonds. The monoisotopic (exact) mass is 286 g/mol. The molecule has 4 heteroatoms. The molecule has 1 aromatic carbocycles. The maximum Gasteiger partial charge on any atom is 0.138 e. The van der Waals surface area contributed by atoms with Crippen LogP contribution in [-0.2, 0) is 13.0 Å². The van der Waals surface area contributed by atoms with E-state index in [1.165, 1.54) is 16.7 Å². The van der Waals surface area contributed by atoms with Crippen LogP contribution in [0.5, 0.6) is 0 Å². The van der Waals surface area contributed by atoms with Crippen LogP contribution in [0, 0.1) is 19.8 Å². The van der Waals surface area contributed by atoms with E-state index in [2.05, 4.69) is 61.3 Å². The van der Waals surface area contributed by atoms with E-state index in [1.807, 2.05) is 11.7 Å². The van der Waals surface area contributed by atoms with Crippen molar-refractivity contribution in [1.82, 2.24) is 20.1 Å². The van der Waals surface area contributed by atoms with Gasteiger partial charge >= 0.3 is 0 Å². The fourth-order valence-electron chi connectivity index (χ4n) is 2.72. The van der Waals surface area contributed by atoms with Gasteiger partial charge in [0.15, 0.2) is 0 Å². The molecule has 0 radical (unpaired) electrons. The van der Waals surface area contributed by atoms with Crippen LogP contribution in [-0.4, -0.2) is 21.8 Å². The van der Waals surface area contributed by atoms with Crippen molar-refractivity contribution in [1.29, 1.82) is 0 Å². The second-order valence-electron chi connectivity index (χ2n) is 6.22. The van der Waals surface area contributed by atoms with Gasteiger partial charge in [-0.25, -0.2) is 9.67 Å². The summed E-state index contributed by atoms with van der Waals surface area (Å²) in [6.45, 7) is 9.60. The number of rotatable bonds is 6. The standard InChI is InChI=1S/C17H26N4/c1-12(2)10-21-17(19-11-20-21)9-16(18-5)15-7-13(3)6-14(4)8-15/h6-8,11-12,16,18H,9-10H2,1-5H3. The Morgan fingerprint density at radius 2 is 1.81 bits per heavy atom. The van der Waals surface area contributed by atoms with Crippen molar-refractivity contribution < 1.29 is 0 Å². The minimum Gasteiger partial charge on any atom is -0.313 e. The molecule has 1 unspecified atom stereocenters. The summed E-state index contributed by atoms with van der Waals surface area (Å²) in [5.41, 5.74) is 3.91. The van der Waals surface area contributed by atoms with Gasteiger partial charge < -0.3 is 5.32 Å². The lowest BCUT2D eigenvalue weighted by molar-refractivity contribution is 0.451. The minimum atomic E-state index is 0.263. The Balaban J connectivity index is 2.21. The van der Waals surface area contributed by atoms with Gasteiger partial charge in [-0.1, -0.05) is 43.2 Å². The number of nitrogens with one attached hydrogen (secondary N) is 1. The summed E-state index contributed by atoms with van der Waals surface area (Å²) in [6.07, 6.45) is 2.51. The molecule has 1 atom stereocenters. The van der Waals surface area contributed by atoms with Crippen LogP contribution >= 0.6 is 0 Å². The van der Waals surface area contributed by atoms with E-state index in [1.54, 1.807) is 6.33 Å². The molecule has 2 rings (SSSR count). The molecule has 114 valence electrons. The molecule has 1 heterocycles. The van der Waals surface area contributed by atoms with Gasteiger partial charge in [-0.2, -0.15) is 5.10 Å². The van der Waals surface area contributed by atoms with E-state index in [4.69, 9.17) is 0 Å². The van der Waals surface area contributed by atoms with Crippen molar-refractivity contribution in [2.24, 2.45) is 5.92 Å². The first-order valence-electron chi connectivity index (χ1n) is 7.61. The van der Waals surface area contributed by atoms with E-state index >= 15 is 0 Å². The molecule has 4 nitrogen and oxygen atoms in total. The highest BCUT2D eigenvalue weighted by Crippen LogP contribution is 2.20. The normalized spacial score (nSPS) is 12.9. The lowest BCUT2D eigenvalue weighted by Gasteiger charge is -2.18. The number of aromatic nitrogens is 3. The van der Waals surface area contributed by atoms with Crippen LogP contribution in [0.4, 0.5) is 0 Å². The molecular formula is C17H26N4. The predicted molar refractivity (Wildman–Crippen MR) is 86.3 cm³/mol. The molecule has 1 aromatic heterocycles. The van der Waals surface area contributed by atoms with Gasteiger partial charge in [0, 0.05) is 19.0 Å². The molecule has 0 saturated carbocycles. The number of nitrogens with zero attached hydrogens (tertiary/aromatic N) is 3. The van der Waals surface area contributed by atoms with Gasteiger partial charge in [-0.05, 0) is 32.4 Å². The van der Waals surface area contributed by atoms with Crippen molar-refractivity contribution >= 4 is 0 Å². The molecule has 1 N–H and O–H groups in total. The van der Waals surface area contributed by atoms with Crippen molar-refractivity contribution in [2.45, 2.75) is 46.7 Å². The first kappa shape index (κ1) is 15.7. The van der Waals surface area contributed by atoms with Crippen LogP contribution in [0.3, 0.4) is 0 Å². The molecule has 0 spiro atoms. The number of hydrogen-bond acceptors (Lipinski definition) is 3. The summed E-state index contributed by atoms with van der Waals surface area (Å²) in [6, 6.07) is 6.96. The summed E-state index contributed by atoms with van der Waals surface area (Å²) < 4.78 is 2.03. The van der Waals surface area contributed by atoms with E-state index < -0.39 is 0 Å². The second kappa shape index (κ2) is 6.85. The van der Waals surface area contributed by atoms with Gasteiger partial charge in [0.05, 0.1) is 0 Å². The Morgan fingerprint density at radius 1 is 1.14 bits per heavy atom. The Kier molecular flexibility index (Phi) is 5.12. The second-order valence-corrected chi connectivity index (χ2v) is 6.22. The molecule has 0 aliphatic heterocycles. The van der Waals surface area contributed by atoms with Crippen LogP contribution in [0.15, 0.2) is 24.5 Å². The zero-order valence-corrected chi connectivity index (χ0v) is 13.7. The fraction of sp³-hybridized carbons (Fsp3) is 0.529. The van der Waals surface area contributed by atoms with E-state index in [9.17, 15) is 0 Å². The zero-order valence-electron chi connectivity index (χ0n) is 13.7. The summed E-state index contributed by atoms with van der Waals surface area (Å²) >= 11 is 0. The number of aryl methyl sites for hydroxylation is 2. The molecule has 0 saturated heterocycles. The van der Waals surface area contributed by atoms with Crippen LogP contribution in [0.25, 0.3) is 0 Å². The molecule has 2 aromatic rings. The highest BCUT2D eigenvalue weighted by Gasteiger charge is 2.15. The highest BCUT2D eigenvalue weighted by molar-refractivity contribution is 5.31. The highest BCUT2D eigenvalue weighted by atomic mass is 15.3. The summed E-state index contributed by atoms with van der Waals surface area (Å²) in [5, 5.41) is 7.76. The Bertz CT molecular complexity index is 566. The third kappa shape index (κ3) is 4.14. The third-order valence-corrected chi connectivity index (χ3v) is 3.62. The van der Waals surface area contributed by atoms with Crippen LogP contribution in [0.1, 0.15) is 42.4 Å². The quantitative estimate of drug-likeness (QED) is 0.887. The zero-order chi connectivity index (χ0) is 15.4. The van der Waals surface area contributed by atoms with Crippen molar-refractivity contribution in [3.05, 3.63) is 47.0 Å². The molecule has 0 aliphatic rings.